The molecule has 19 heavy (non-hydrogen) atoms. The lowest BCUT2D eigenvalue weighted by atomic mass is 10.2. The van der Waals surface area contributed by atoms with E-state index >= 15 is 0 Å². The molecule has 1 aliphatic carbocycles. The number of nitrogens with zero attached hydrogens (tertiary/aromatic N) is 2. The van der Waals surface area contributed by atoms with Crippen molar-refractivity contribution in [1.82, 2.24) is 9.78 Å². The van der Waals surface area contributed by atoms with Crippen molar-refractivity contribution in [1.29, 1.82) is 0 Å². The van der Waals surface area contributed by atoms with Crippen molar-refractivity contribution >= 4 is 33.2 Å². The first-order valence-corrected chi connectivity index (χ1v) is 7.84. The van der Waals surface area contributed by atoms with Gasteiger partial charge in [0.25, 0.3) is 0 Å². The molecule has 0 aliphatic heterocycles. The van der Waals surface area contributed by atoms with Gasteiger partial charge in [-0.2, -0.15) is 5.10 Å². The van der Waals surface area contributed by atoms with Crippen LogP contribution in [0.4, 0.5) is 0 Å². The Kier molecular flexibility index (Phi) is 3.45. The lowest BCUT2D eigenvalue weighted by Crippen LogP contribution is -2.05. The zero-order valence-electron chi connectivity index (χ0n) is 10.2. The molecule has 100 valence electrons. The Labute approximate surface area is 123 Å². The third-order valence-electron chi connectivity index (χ3n) is 3.47. The maximum absolute atomic E-state index is 11.4. The number of rotatable bonds is 3. The molecule has 1 N–H and O–H groups in total. The first kappa shape index (κ1) is 12.9. The molecule has 0 bridgehead atoms. The van der Waals surface area contributed by atoms with Crippen molar-refractivity contribution in [3.05, 3.63) is 27.7 Å². The molecule has 0 atom stereocenters. The smallest absolute Gasteiger partial charge is 0.339 e. The maximum Gasteiger partial charge on any atom is 0.339 e. The summed E-state index contributed by atoms with van der Waals surface area (Å²) < 4.78 is 2.83. The van der Waals surface area contributed by atoms with Gasteiger partial charge in [-0.1, -0.05) is 12.8 Å². The summed E-state index contributed by atoms with van der Waals surface area (Å²) in [6.07, 6.45) is 6.27. The molecule has 0 amide bonds. The van der Waals surface area contributed by atoms with E-state index in [-0.39, 0.29) is 0 Å². The summed E-state index contributed by atoms with van der Waals surface area (Å²) in [5.74, 6) is -0.913. The number of aromatic nitrogens is 2. The van der Waals surface area contributed by atoms with Gasteiger partial charge in [-0.25, -0.2) is 4.79 Å². The fourth-order valence-electron chi connectivity index (χ4n) is 2.53. The molecule has 2 heterocycles. The van der Waals surface area contributed by atoms with Gasteiger partial charge in [0.2, 0.25) is 0 Å². The van der Waals surface area contributed by atoms with E-state index in [0.717, 1.165) is 21.5 Å². The Morgan fingerprint density at radius 2 is 2.16 bits per heavy atom. The molecule has 0 spiro atoms. The van der Waals surface area contributed by atoms with Crippen LogP contribution >= 0.6 is 27.3 Å². The van der Waals surface area contributed by atoms with Crippen LogP contribution in [0.2, 0.25) is 0 Å². The van der Waals surface area contributed by atoms with Crippen LogP contribution in [-0.2, 0) is 0 Å². The van der Waals surface area contributed by atoms with Crippen molar-refractivity contribution in [3.8, 4) is 10.6 Å². The van der Waals surface area contributed by atoms with E-state index in [1.807, 2.05) is 16.8 Å². The Morgan fingerprint density at radius 1 is 1.42 bits per heavy atom. The van der Waals surface area contributed by atoms with Crippen LogP contribution in [0.3, 0.4) is 0 Å². The molecule has 0 unspecified atom stereocenters. The molecule has 3 rings (SSSR count). The van der Waals surface area contributed by atoms with Crippen molar-refractivity contribution < 1.29 is 9.90 Å². The van der Waals surface area contributed by atoms with Crippen molar-refractivity contribution in [2.45, 2.75) is 31.7 Å². The molecule has 0 radical (unpaired) electrons. The highest BCUT2D eigenvalue weighted by atomic mass is 79.9. The van der Waals surface area contributed by atoms with Gasteiger partial charge in [-0.3, -0.25) is 4.68 Å². The van der Waals surface area contributed by atoms with Gasteiger partial charge < -0.3 is 5.11 Å². The second-order valence-corrected chi connectivity index (χ2v) is 7.18. The van der Waals surface area contributed by atoms with Gasteiger partial charge in [0.1, 0.15) is 11.3 Å². The van der Waals surface area contributed by atoms with Gasteiger partial charge in [-0.15, -0.1) is 11.3 Å². The highest BCUT2D eigenvalue weighted by molar-refractivity contribution is 9.11. The molecule has 0 saturated heterocycles. The van der Waals surface area contributed by atoms with Crippen LogP contribution in [0.1, 0.15) is 42.1 Å². The highest BCUT2D eigenvalue weighted by Gasteiger charge is 2.23. The van der Waals surface area contributed by atoms with Gasteiger partial charge in [0, 0.05) is 6.20 Å². The van der Waals surface area contributed by atoms with E-state index < -0.39 is 5.97 Å². The SMILES string of the molecule is O=C(O)c1cn(C2CCCC2)nc1-c1ccc(Br)s1. The first-order valence-electron chi connectivity index (χ1n) is 6.23. The third-order valence-corrected chi connectivity index (χ3v) is 5.10. The first-order chi connectivity index (χ1) is 9.15. The minimum atomic E-state index is -0.913. The van der Waals surface area contributed by atoms with Crippen molar-refractivity contribution in [2.24, 2.45) is 0 Å². The molecule has 1 aliphatic rings. The predicted molar refractivity (Wildman–Crippen MR) is 77.7 cm³/mol. The summed E-state index contributed by atoms with van der Waals surface area (Å²) in [6, 6.07) is 4.18. The van der Waals surface area contributed by atoms with Crippen LogP contribution < -0.4 is 0 Å². The maximum atomic E-state index is 11.4. The number of thiophene rings is 1. The average Bonchev–Trinajstić information content (AvgIpc) is 3.07. The fraction of sp³-hybridized carbons (Fsp3) is 0.385. The molecular weight excluding hydrogens is 328 g/mol. The summed E-state index contributed by atoms with van der Waals surface area (Å²) in [7, 11) is 0. The highest BCUT2D eigenvalue weighted by Crippen LogP contribution is 2.35. The summed E-state index contributed by atoms with van der Waals surface area (Å²) in [6.45, 7) is 0. The van der Waals surface area contributed by atoms with E-state index in [1.165, 1.54) is 24.2 Å². The van der Waals surface area contributed by atoms with E-state index in [1.54, 1.807) is 6.20 Å². The number of carbonyl (C=O) groups is 1. The topological polar surface area (TPSA) is 55.1 Å². The third kappa shape index (κ3) is 2.47. The van der Waals surface area contributed by atoms with Gasteiger partial charge in [0.15, 0.2) is 0 Å². The molecular formula is C13H13BrN2O2S. The van der Waals surface area contributed by atoms with Gasteiger partial charge in [-0.05, 0) is 40.9 Å². The number of hydrogen-bond acceptors (Lipinski definition) is 3. The number of halogens is 1. The summed E-state index contributed by atoms with van der Waals surface area (Å²) in [5.41, 5.74) is 0.872. The second kappa shape index (κ2) is 5.09. The van der Waals surface area contributed by atoms with Gasteiger partial charge in [0.05, 0.1) is 14.7 Å². The normalized spacial score (nSPS) is 16.1. The number of hydrogen-bond donors (Lipinski definition) is 1. The minimum Gasteiger partial charge on any atom is -0.478 e. The predicted octanol–water partition coefficient (Wildman–Crippen LogP) is 4.19. The summed E-state index contributed by atoms with van der Waals surface area (Å²) in [4.78, 5) is 12.3. The molecule has 6 heteroatoms. The van der Waals surface area contributed by atoms with E-state index in [9.17, 15) is 9.90 Å². The quantitative estimate of drug-likeness (QED) is 0.911. The standard InChI is InChI=1S/C13H13BrN2O2S/c14-11-6-5-10(19-11)12-9(13(17)18)7-16(15-12)8-3-1-2-4-8/h5-8H,1-4H2,(H,17,18). The summed E-state index contributed by atoms with van der Waals surface area (Å²) in [5, 5.41) is 13.9. The molecule has 1 fully saturated rings. The van der Waals surface area contributed by atoms with Gasteiger partial charge >= 0.3 is 5.97 Å². The average molecular weight is 341 g/mol. The molecule has 0 aromatic carbocycles. The lowest BCUT2D eigenvalue weighted by Gasteiger charge is -2.08. The zero-order chi connectivity index (χ0) is 13.4. The number of aromatic carboxylic acids is 1. The van der Waals surface area contributed by atoms with E-state index in [2.05, 4.69) is 21.0 Å². The van der Waals surface area contributed by atoms with Crippen LogP contribution in [0, 0.1) is 0 Å². The molecule has 2 aromatic rings. The summed E-state index contributed by atoms with van der Waals surface area (Å²) >= 11 is 4.91. The van der Waals surface area contributed by atoms with Crippen LogP contribution in [0.25, 0.3) is 10.6 Å². The Hall–Kier alpha value is -1.14. The Morgan fingerprint density at radius 3 is 2.74 bits per heavy atom. The molecule has 1 saturated carbocycles. The van der Waals surface area contributed by atoms with Crippen LogP contribution in [0.15, 0.2) is 22.1 Å². The minimum absolute atomic E-state index is 0.293. The van der Waals surface area contributed by atoms with Crippen LogP contribution in [-0.4, -0.2) is 20.9 Å². The fourth-order valence-corrected chi connectivity index (χ4v) is 3.91. The zero-order valence-corrected chi connectivity index (χ0v) is 12.6. The Balaban J connectivity index is 2.04. The van der Waals surface area contributed by atoms with E-state index in [4.69, 9.17) is 0 Å². The second-order valence-electron chi connectivity index (χ2n) is 4.72. The lowest BCUT2D eigenvalue weighted by molar-refractivity contribution is 0.0697. The van der Waals surface area contributed by atoms with Crippen molar-refractivity contribution in [2.75, 3.05) is 0 Å². The van der Waals surface area contributed by atoms with Crippen LogP contribution in [0.5, 0.6) is 0 Å². The number of carboxylic acid groups (broad SMARTS) is 1. The monoisotopic (exact) mass is 340 g/mol. The molecule has 4 nitrogen and oxygen atoms in total. The molecule has 2 aromatic heterocycles. The Bertz CT molecular complexity index is 614. The van der Waals surface area contributed by atoms with E-state index in [0.29, 0.717) is 17.3 Å². The largest absolute Gasteiger partial charge is 0.478 e. The number of carboxylic acids is 1. The van der Waals surface area contributed by atoms with Crippen molar-refractivity contribution in [3.63, 3.8) is 0 Å².